The molecule has 188 valence electrons. The highest BCUT2D eigenvalue weighted by Crippen LogP contribution is 2.33. The third-order valence-electron chi connectivity index (χ3n) is 7.31. The van der Waals surface area contributed by atoms with Crippen LogP contribution in [-0.2, 0) is 0 Å². The average Bonchev–Trinajstić information content (AvgIpc) is 2.73. The quantitative estimate of drug-likeness (QED) is 0.103. The molecular formula is C30H62S. The van der Waals surface area contributed by atoms with Crippen LogP contribution in [0.15, 0.2) is 0 Å². The van der Waals surface area contributed by atoms with E-state index in [-0.39, 0.29) is 4.75 Å². The molecule has 0 aliphatic rings. The molecule has 1 heteroatoms. The number of thiol groups is 1. The zero-order chi connectivity index (χ0) is 23.0. The standard InChI is InChI=1S/C30H62S/c1-5-7-9-11-13-14-15-16-17-18-19-20-21-22-24-26-28-29(30(3,4)31)27-25-23-12-10-8-6-2/h29,31H,5-28H2,1-4H3. The van der Waals surface area contributed by atoms with Gasteiger partial charge in [-0.05, 0) is 18.8 Å². The van der Waals surface area contributed by atoms with Crippen molar-refractivity contribution in [2.24, 2.45) is 5.92 Å². The molecule has 0 amide bonds. The normalized spacial score (nSPS) is 13.1. The Bertz CT molecular complexity index is 330. The second-order valence-corrected chi connectivity index (χ2v) is 12.2. The first-order valence-electron chi connectivity index (χ1n) is 14.7. The van der Waals surface area contributed by atoms with Crippen LogP contribution in [0.2, 0.25) is 0 Å². The number of rotatable bonds is 25. The maximum atomic E-state index is 4.94. The Kier molecular flexibility index (Phi) is 23.8. The van der Waals surface area contributed by atoms with Crippen LogP contribution in [0.1, 0.15) is 182 Å². The maximum absolute atomic E-state index is 4.94. The summed E-state index contributed by atoms with van der Waals surface area (Å²) in [7, 11) is 0. The summed E-state index contributed by atoms with van der Waals surface area (Å²) in [5, 5.41) is 0. The Morgan fingerprint density at radius 2 is 0.645 bits per heavy atom. The van der Waals surface area contributed by atoms with Crippen LogP contribution >= 0.6 is 12.6 Å². The van der Waals surface area contributed by atoms with Gasteiger partial charge in [0.2, 0.25) is 0 Å². The van der Waals surface area contributed by atoms with Crippen molar-refractivity contribution in [2.75, 3.05) is 0 Å². The van der Waals surface area contributed by atoms with Crippen molar-refractivity contribution in [1.29, 1.82) is 0 Å². The summed E-state index contributed by atoms with van der Waals surface area (Å²) in [5.41, 5.74) is 0. The van der Waals surface area contributed by atoms with Gasteiger partial charge in [0.1, 0.15) is 0 Å². The Morgan fingerprint density at radius 3 is 0.871 bits per heavy atom. The molecule has 0 aromatic carbocycles. The van der Waals surface area contributed by atoms with Gasteiger partial charge in [-0.15, -0.1) is 0 Å². The minimum absolute atomic E-state index is 0.193. The van der Waals surface area contributed by atoms with Crippen molar-refractivity contribution < 1.29 is 0 Å². The molecule has 1 unspecified atom stereocenters. The van der Waals surface area contributed by atoms with E-state index in [4.69, 9.17) is 12.6 Å². The van der Waals surface area contributed by atoms with Crippen LogP contribution in [0.5, 0.6) is 0 Å². The Labute approximate surface area is 204 Å². The zero-order valence-electron chi connectivity index (χ0n) is 22.5. The predicted molar refractivity (Wildman–Crippen MR) is 149 cm³/mol. The van der Waals surface area contributed by atoms with Crippen LogP contribution in [-0.4, -0.2) is 4.75 Å². The second-order valence-electron chi connectivity index (χ2n) is 11.0. The van der Waals surface area contributed by atoms with Crippen LogP contribution < -0.4 is 0 Å². The summed E-state index contributed by atoms with van der Waals surface area (Å²) in [5.74, 6) is 0.800. The van der Waals surface area contributed by atoms with Crippen molar-refractivity contribution in [3.8, 4) is 0 Å². The molecule has 31 heavy (non-hydrogen) atoms. The molecule has 0 radical (unpaired) electrons. The molecule has 0 aliphatic carbocycles. The lowest BCUT2D eigenvalue weighted by molar-refractivity contribution is 0.342. The van der Waals surface area contributed by atoms with Gasteiger partial charge < -0.3 is 0 Å². The van der Waals surface area contributed by atoms with Gasteiger partial charge in [0, 0.05) is 4.75 Å². The molecule has 1 atom stereocenters. The van der Waals surface area contributed by atoms with Crippen LogP contribution in [0.3, 0.4) is 0 Å². The SMILES string of the molecule is CCCCCCCCCCCCCCCCCCC(CCCCCCCC)C(C)(C)S. The fraction of sp³-hybridized carbons (Fsp3) is 1.00. The number of hydrogen-bond donors (Lipinski definition) is 1. The largest absolute Gasteiger partial charge is 0.173 e. The minimum atomic E-state index is 0.193. The topological polar surface area (TPSA) is 0 Å². The van der Waals surface area contributed by atoms with Crippen LogP contribution in [0.25, 0.3) is 0 Å². The van der Waals surface area contributed by atoms with Gasteiger partial charge in [-0.25, -0.2) is 0 Å². The molecule has 0 saturated heterocycles. The Hall–Kier alpha value is 0.350. The molecule has 0 aliphatic heterocycles. The smallest absolute Gasteiger partial charge is 0.0101 e. The van der Waals surface area contributed by atoms with E-state index in [0.717, 1.165) is 5.92 Å². The summed E-state index contributed by atoms with van der Waals surface area (Å²) in [6, 6.07) is 0. The van der Waals surface area contributed by atoms with E-state index in [1.165, 1.54) is 154 Å². The molecule has 0 fully saturated rings. The van der Waals surface area contributed by atoms with Gasteiger partial charge in [-0.3, -0.25) is 0 Å². The first kappa shape index (κ1) is 31.4. The predicted octanol–water partition coefficient (Wildman–Crippen LogP) is 11.7. The minimum Gasteiger partial charge on any atom is -0.173 e. The molecule has 0 aromatic heterocycles. The molecule has 0 heterocycles. The molecule has 0 rings (SSSR count). The molecule has 0 N–H and O–H groups in total. The van der Waals surface area contributed by atoms with E-state index >= 15 is 0 Å². The Balaban J connectivity index is 3.47. The third-order valence-corrected chi connectivity index (χ3v) is 7.68. The second kappa shape index (κ2) is 23.5. The van der Waals surface area contributed by atoms with Crippen LogP contribution in [0, 0.1) is 5.92 Å². The molecule has 0 saturated carbocycles. The Morgan fingerprint density at radius 1 is 0.419 bits per heavy atom. The highest BCUT2D eigenvalue weighted by Gasteiger charge is 2.24. The number of unbranched alkanes of at least 4 members (excludes halogenated alkanes) is 20. The summed E-state index contributed by atoms with van der Waals surface area (Å²) in [6.45, 7) is 9.28. The van der Waals surface area contributed by atoms with Crippen LogP contribution in [0.4, 0.5) is 0 Å². The molecule has 0 aromatic rings. The van der Waals surface area contributed by atoms with Crippen molar-refractivity contribution in [3.63, 3.8) is 0 Å². The molecular weight excluding hydrogens is 392 g/mol. The fourth-order valence-electron chi connectivity index (χ4n) is 4.96. The van der Waals surface area contributed by atoms with E-state index in [1.54, 1.807) is 0 Å². The first-order valence-corrected chi connectivity index (χ1v) is 15.2. The van der Waals surface area contributed by atoms with Gasteiger partial charge in [0.25, 0.3) is 0 Å². The van der Waals surface area contributed by atoms with E-state index in [9.17, 15) is 0 Å². The zero-order valence-corrected chi connectivity index (χ0v) is 23.4. The first-order chi connectivity index (χ1) is 15.0. The van der Waals surface area contributed by atoms with Gasteiger partial charge in [-0.1, -0.05) is 169 Å². The van der Waals surface area contributed by atoms with Crippen molar-refractivity contribution in [1.82, 2.24) is 0 Å². The number of hydrogen-bond acceptors (Lipinski definition) is 1. The van der Waals surface area contributed by atoms with Gasteiger partial charge >= 0.3 is 0 Å². The summed E-state index contributed by atoms with van der Waals surface area (Å²) in [4.78, 5) is 0. The fourth-order valence-corrected chi connectivity index (χ4v) is 5.22. The highest BCUT2D eigenvalue weighted by molar-refractivity contribution is 7.81. The summed E-state index contributed by atoms with van der Waals surface area (Å²) < 4.78 is 0.193. The lowest BCUT2D eigenvalue weighted by Crippen LogP contribution is -2.24. The lowest BCUT2D eigenvalue weighted by atomic mass is 9.85. The van der Waals surface area contributed by atoms with Gasteiger partial charge in [-0.2, -0.15) is 12.6 Å². The van der Waals surface area contributed by atoms with E-state index in [1.807, 2.05) is 0 Å². The van der Waals surface area contributed by atoms with Gasteiger partial charge in [0.05, 0.1) is 0 Å². The summed E-state index contributed by atoms with van der Waals surface area (Å²) in [6.07, 6.45) is 34.6. The molecule has 0 nitrogen and oxygen atoms in total. The third kappa shape index (κ3) is 23.3. The van der Waals surface area contributed by atoms with E-state index in [2.05, 4.69) is 27.7 Å². The summed E-state index contributed by atoms with van der Waals surface area (Å²) >= 11 is 4.94. The van der Waals surface area contributed by atoms with E-state index < -0.39 is 0 Å². The lowest BCUT2D eigenvalue weighted by Gasteiger charge is -2.30. The maximum Gasteiger partial charge on any atom is 0.0101 e. The van der Waals surface area contributed by atoms with E-state index in [0.29, 0.717) is 0 Å². The molecule has 0 bridgehead atoms. The van der Waals surface area contributed by atoms with Gasteiger partial charge in [0.15, 0.2) is 0 Å². The van der Waals surface area contributed by atoms with Crippen molar-refractivity contribution >= 4 is 12.6 Å². The molecule has 0 spiro atoms. The van der Waals surface area contributed by atoms with Crippen molar-refractivity contribution in [3.05, 3.63) is 0 Å². The average molecular weight is 455 g/mol. The highest BCUT2D eigenvalue weighted by atomic mass is 32.1. The van der Waals surface area contributed by atoms with Crippen molar-refractivity contribution in [2.45, 2.75) is 187 Å². The monoisotopic (exact) mass is 454 g/mol.